The fraction of sp³-hybridized carbons (Fsp3) is 0.294. The molecule has 0 bridgehead atoms. The Bertz CT molecular complexity index is 634. The second-order valence-corrected chi connectivity index (χ2v) is 5.29. The first-order valence-corrected chi connectivity index (χ1v) is 7.23. The number of benzene rings is 2. The molecule has 0 spiro atoms. The summed E-state index contributed by atoms with van der Waals surface area (Å²) in [6.45, 7) is 1.60. The van der Waals surface area contributed by atoms with Crippen molar-refractivity contribution in [2.45, 2.75) is 19.0 Å². The second-order valence-electron chi connectivity index (χ2n) is 5.29. The summed E-state index contributed by atoms with van der Waals surface area (Å²) < 4.78 is 45.4. The Labute approximate surface area is 127 Å². The molecular formula is C17H16F3NO. The lowest BCUT2D eigenvalue weighted by Gasteiger charge is -2.21. The molecule has 1 saturated heterocycles. The number of nitrogens with zero attached hydrogens (tertiary/aromatic N) is 1. The van der Waals surface area contributed by atoms with Crippen LogP contribution in [0.4, 0.5) is 18.9 Å². The summed E-state index contributed by atoms with van der Waals surface area (Å²) in [5, 5.41) is 0. The number of hydrogen-bond donors (Lipinski definition) is 0. The van der Waals surface area contributed by atoms with Crippen LogP contribution in [0.2, 0.25) is 0 Å². The standard InChI is InChI=1S/C17H16F3NO/c18-17(19,20)15-12-13(21-10-4-5-11-21)8-9-16(15)22-14-6-2-1-3-7-14/h1-3,6-9,12H,4-5,10-11H2. The van der Waals surface area contributed by atoms with Crippen LogP contribution in [-0.4, -0.2) is 13.1 Å². The average Bonchev–Trinajstić information content (AvgIpc) is 3.02. The fourth-order valence-electron chi connectivity index (χ4n) is 2.62. The lowest BCUT2D eigenvalue weighted by molar-refractivity contribution is -0.138. The molecular weight excluding hydrogens is 291 g/mol. The van der Waals surface area contributed by atoms with Gasteiger partial charge in [0.25, 0.3) is 0 Å². The highest BCUT2D eigenvalue weighted by atomic mass is 19.4. The highest BCUT2D eigenvalue weighted by Gasteiger charge is 2.35. The Morgan fingerprint density at radius 2 is 1.59 bits per heavy atom. The van der Waals surface area contributed by atoms with Crippen molar-refractivity contribution in [2.24, 2.45) is 0 Å². The number of para-hydroxylation sites is 1. The van der Waals surface area contributed by atoms with Crippen LogP contribution in [0.15, 0.2) is 48.5 Å². The maximum Gasteiger partial charge on any atom is 0.420 e. The quantitative estimate of drug-likeness (QED) is 0.782. The van der Waals surface area contributed by atoms with Gasteiger partial charge in [-0.2, -0.15) is 13.2 Å². The van der Waals surface area contributed by atoms with Crippen molar-refractivity contribution in [3.63, 3.8) is 0 Å². The summed E-state index contributed by atoms with van der Waals surface area (Å²) in [5.41, 5.74) is -0.133. The number of halogens is 3. The Hall–Kier alpha value is -2.17. The lowest BCUT2D eigenvalue weighted by Crippen LogP contribution is -2.18. The number of alkyl halides is 3. The topological polar surface area (TPSA) is 12.5 Å². The largest absolute Gasteiger partial charge is 0.457 e. The molecule has 0 amide bonds. The van der Waals surface area contributed by atoms with Gasteiger partial charge in [-0.25, -0.2) is 0 Å². The first-order chi connectivity index (χ1) is 10.5. The van der Waals surface area contributed by atoms with Crippen molar-refractivity contribution in [1.82, 2.24) is 0 Å². The van der Waals surface area contributed by atoms with Gasteiger partial charge >= 0.3 is 6.18 Å². The normalized spacial score (nSPS) is 15.1. The molecule has 2 nitrogen and oxygen atoms in total. The summed E-state index contributed by atoms with van der Waals surface area (Å²) in [4.78, 5) is 1.97. The minimum atomic E-state index is -4.44. The first-order valence-electron chi connectivity index (χ1n) is 7.23. The molecule has 22 heavy (non-hydrogen) atoms. The van der Waals surface area contributed by atoms with E-state index < -0.39 is 11.7 Å². The van der Waals surface area contributed by atoms with Crippen LogP contribution in [0.5, 0.6) is 11.5 Å². The van der Waals surface area contributed by atoms with Gasteiger partial charge in [0.15, 0.2) is 0 Å². The third kappa shape index (κ3) is 3.18. The van der Waals surface area contributed by atoms with Crippen molar-refractivity contribution in [3.8, 4) is 11.5 Å². The molecule has 1 aliphatic heterocycles. The fourth-order valence-corrected chi connectivity index (χ4v) is 2.62. The number of hydrogen-bond acceptors (Lipinski definition) is 2. The summed E-state index contributed by atoms with van der Waals surface area (Å²) in [5.74, 6) is 0.226. The second kappa shape index (κ2) is 5.91. The van der Waals surface area contributed by atoms with Crippen LogP contribution in [0.3, 0.4) is 0 Å². The van der Waals surface area contributed by atoms with Crippen LogP contribution in [0.1, 0.15) is 18.4 Å². The van der Waals surface area contributed by atoms with Crippen molar-refractivity contribution in [2.75, 3.05) is 18.0 Å². The average molecular weight is 307 g/mol. The van der Waals surface area contributed by atoms with Gasteiger partial charge < -0.3 is 9.64 Å². The molecule has 0 aromatic heterocycles. The molecule has 5 heteroatoms. The molecule has 2 aromatic rings. The summed E-state index contributed by atoms with van der Waals surface area (Å²) in [7, 11) is 0. The van der Waals surface area contributed by atoms with E-state index in [0.29, 0.717) is 11.4 Å². The van der Waals surface area contributed by atoms with Crippen molar-refractivity contribution >= 4 is 5.69 Å². The van der Waals surface area contributed by atoms with Gasteiger partial charge in [-0.1, -0.05) is 18.2 Å². The van der Waals surface area contributed by atoms with Gasteiger partial charge in [-0.15, -0.1) is 0 Å². The predicted octanol–water partition coefficient (Wildman–Crippen LogP) is 5.10. The zero-order valence-corrected chi connectivity index (χ0v) is 11.9. The van der Waals surface area contributed by atoms with Gasteiger partial charge in [0.2, 0.25) is 0 Å². The minimum Gasteiger partial charge on any atom is -0.457 e. The molecule has 0 saturated carbocycles. The molecule has 1 fully saturated rings. The highest BCUT2D eigenvalue weighted by molar-refractivity contribution is 5.55. The number of anilines is 1. The molecule has 0 N–H and O–H groups in total. The van der Waals surface area contributed by atoms with E-state index in [1.165, 1.54) is 12.1 Å². The van der Waals surface area contributed by atoms with E-state index in [2.05, 4.69) is 0 Å². The molecule has 0 radical (unpaired) electrons. The number of rotatable bonds is 3. The predicted molar refractivity (Wildman–Crippen MR) is 79.4 cm³/mol. The van der Waals surface area contributed by atoms with Crippen LogP contribution >= 0.6 is 0 Å². The smallest absolute Gasteiger partial charge is 0.420 e. The van der Waals surface area contributed by atoms with E-state index in [1.54, 1.807) is 36.4 Å². The Kier molecular flexibility index (Phi) is 3.96. The highest BCUT2D eigenvalue weighted by Crippen LogP contribution is 2.40. The third-order valence-corrected chi connectivity index (χ3v) is 3.71. The van der Waals surface area contributed by atoms with E-state index in [1.807, 2.05) is 4.90 Å². The van der Waals surface area contributed by atoms with E-state index in [0.717, 1.165) is 25.9 Å². The summed E-state index contributed by atoms with van der Waals surface area (Å²) >= 11 is 0. The van der Waals surface area contributed by atoms with Crippen LogP contribution < -0.4 is 9.64 Å². The summed E-state index contributed by atoms with van der Waals surface area (Å²) in [6, 6.07) is 12.8. The van der Waals surface area contributed by atoms with E-state index >= 15 is 0 Å². The molecule has 1 heterocycles. The Morgan fingerprint density at radius 1 is 0.909 bits per heavy atom. The molecule has 3 rings (SSSR count). The molecule has 0 atom stereocenters. The Morgan fingerprint density at radius 3 is 2.23 bits per heavy atom. The maximum atomic E-state index is 13.3. The molecule has 1 aliphatic rings. The zero-order chi connectivity index (χ0) is 15.6. The Balaban J connectivity index is 1.95. The maximum absolute atomic E-state index is 13.3. The monoisotopic (exact) mass is 307 g/mol. The van der Waals surface area contributed by atoms with Crippen LogP contribution in [-0.2, 0) is 6.18 Å². The third-order valence-electron chi connectivity index (χ3n) is 3.71. The minimum absolute atomic E-state index is 0.165. The van der Waals surface area contributed by atoms with Crippen molar-refractivity contribution < 1.29 is 17.9 Å². The van der Waals surface area contributed by atoms with E-state index in [-0.39, 0.29) is 5.75 Å². The van der Waals surface area contributed by atoms with Gasteiger partial charge in [0, 0.05) is 18.8 Å². The molecule has 0 aliphatic carbocycles. The van der Waals surface area contributed by atoms with Crippen LogP contribution in [0, 0.1) is 0 Å². The molecule has 0 unspecified atom stereocenters. The van der Waals surface area contributed by atoms with Crippen molar-refractivity contribution in [3.05, 3.63) is 54.1 Å². The van der Waals surface area contributed by atoms with Crippen molar-refractivity contribution in [1.29, 1.82) is 0 Å². The molecule has 116 valence electrons. The van der Waals surface area contributed by atoms with Gasteiger partial charge in [0.05, 0.1) is 0 Å². The zero-order valence-electron chi connectivity index (χ0n) is 11.9. The van der Waals surface area contributed by atoms with Crippen LogP contribution in [0.25, 0.3) is 0 Å². The van der Waals surface area contributed by atoms with E-state index in [9.17, 15) is 13.2 Å². The first kappa shape index (κ1) is 14.8. The van der Waals surface area contributed by atoms with E-state index in [4.69, 9.17) is 4.74 Å². The lowest BCUT2D eigenvalue weighted by atomic mass is 10.1. The van der Waals surface area contributed by atoms with Gasteiger partial charge in [0.1, 0.15) is 17.1 Å². The SMILES string of the molecule is FC(F)(F)c1cc(N2CCCC2)ccc1Oc1ccccc1. The van der Waals surface area contributed by atoms with Gasteiger partial charge in [-0.05, 0) is 43.2 Å². The summed E-state index contributed by atoms with van der Waals surface area (Å²) in [6.07, 6.45) is -2.41. The van der Waals surface area contributed by atoms with Gasteiger partial charge in [-0.3, -0.25) is 0 Å². The number of ether oxygens (including phenoxy) is 1. The molecule has 2 aromatic carbocycles.